The summed E-state index contributed by atoms with van der Waals surface area (Å²) >= 11 is 0. The van der Waals surface area contributed by atoms with Crippen LogP contribution in [0.3, 0.4) is 0 Å². The maximum atomic E-state index is 12.3. The largest absolute Gasteiger partial charge is 0.349 e. The van der Waals surface area contributed by atoms with Gasteiger partial charge < -0.3 is 11.1 Å². The van der Waals surface area contributed by atoms with Crippen LogP contribution in [0.25, 0.3) is 0 Å². The van der Waals surface area contributed by atoms with Crippen molar-refractivity contribution in [2.75, 3.05) is 0 Å². The number of carbonyl (C=O) groups excluding carboxylic acids is 1. The van der Waals surface area contributed by atoms with Gasteiger partial charge in [0.25, 0.3) is 5.91 Å². The monoisotopic (exact) mass is 274 g/mol. The van der Waals surface area contributed by atoms with Crippen molar-refractivity contribution in [2.45, 2.75) is 58.0 Å². The molecule has 1 aliphatic carbocycles. The molecule has 1 fully saturated rings. The molecule has 3 heteroatoms. The van der Waals surface area contributed by atoms with Gasteiger partial charge in [0.05, 0.1) is 0 Å². The maximum absolute atomic E-state index is 12.3. The van der Waals surface area contributed by atoms with Crippen LogP contribution in [0.5, 0.6) is 0 Å². The van der Waals surface area contributed by atoms with Crippen molar-refractivity contribution in [1.29, 1.82) is 0 Å². The van der Waals surface area contributed by atoms with E-state index in [9.17, 15) is 4.79 Å². The third-order valence-electron chi connectivity index (χ3n) is 4.36. The molecule has 1 saturated carbocycles. The lowest BCUT2D eigenvalue weighted by Crippen LogP contribution is -2.37. The molecule has 0 aliphatic heterocycles. The number of rotatable bonds is 6. The molecule has 3 nitrogen and oxygen atoms in total. The highest BCUT2D eigenvalue weighted by atomic mass is 16.1. The van der Waals surface area contributed by atoms with Crippen molar-refractivity contribution in [3.63, 3.8) is 0 Å². The summed E-state index contributed by atoms with van der Waals surface area (Å²) in [6, 6.07) is 7.96. The Balaban J connectivity index is 1.92. The number of hydrogen-bond donors (Lipinski definition) is 2. The standard InChI is InChI=1S/C17H26N2O/c1-2-3-5-14-6-4-7-16(14)19-17(20)15-10-8-13(12-18)9-11-15/h8-11,14,16H,2-7,12,18H2,1H3,(H,19,20). The van der Waals surface area contributed by atoms with Gasteiger partial charge in [-0.25, -0.2) is 0 Å². The minimum atomic E-state index is 0.0574. The second kappa shape index (κ2) is 7.44. The molecular weight excluding hydrogens is 248 g/mol. The van der Waals surface area contributed by atoms with E-state index in [0.29, 0.717) is 18.5 Å². The molecule has 2 atom stereocenters. The van der Waals surface area contributed by atoms with Crippen molar-refractivity contribution >= 4 is 5.91 Å². The Kier molecular flexibility index (Phi) is 5.60. The molecular formula is C17H26N2O. The molecule has 1 aromatic carbocycles. The summed E-state index contributed by atoms with van der Waals surface area (Å²) in [5.41, 5.74) is 7.37. The predicted molar refractivity (Wildman–Crippen MR) is 82.5 cm³/mol. The second-order valence-corrected chi connectivity index (χ2v) is 5.81. The van der Waals surface area contributed by atoms with Crippen molar-refractivity contribution in [2.24, 2.45) is 11.7 Å². The highest BCUT2D eigenvalue weighted by molar-refractivity contribution is 5.94. The number of hydrogen-bond acceptors (Lipinski definition) is 2. The van der Waals surface area contributed by atoms with Crippen molar-refractivity contribution in [3.05, 3.63) is 35.4 Å². The number of nitrogens with one attached hydrogen (secondary N) is 1. The average molecular weight is 274 g/mol. The van der Waals surface area contributed by atoms with Gasteiger partial charge in [0.15, 0.2) is 0 Å². The zero-order valence-corrected chi connectivity index (χ0v) is 12.4. The lowest BCUT2D eigenvalue weighted by Gasteiger charge is -2.21. The minimum Gasteiger partial charge on any atom is -0.349 e. The molecule has 1 aliphatic rings. The molecule has 0 heterocycles. The van der Waals surface area contributed by atoms with Crippen LogP contribution in [0.15, 0.2) is 24.3 Å². The molecule has 1 aromatic rings. The molecule has 0 radical (unpaired) electrons. The van der Waals surface area contributed by atoms with Crippen LogP contribution in [-0.4, -0.2) is 11.9 Å². The molecule has 2 rings (SSSR count). The van der Waals surface area contributed by atoms with E-state index < -0.39 is 0 Å². The quantitative estimate of drug-likeness (QED) is 0.836. The average Bonchev–Trinajstić information content (AvgIpc) is 2.92. The van der Waals surface area contributed by atoms with Crippen LogP contribution >= 0.6 is 0 Å². The Morgan fingerprint density at radius 2 is 2.05 bits per heavy atom. The van der Waals surface area contributed by atoms with Crippen LogP contribution < -0.4 is 11.1 Å². The summed E-state index contributed by atoms with van der Waals surface area (Å²) in [5.74, 6) is 0.726. The van der Waals surface area contributed by atoms with Crippen molar-refractivity contribution in [1.82, 2.24) is 5.32 Å². The Morgan fingerprint density at radius 1 is 1.30 bits per heavy atom. The summed E-state index contributed by atoms with van der Waals surface area (Å²) in [6.45, 7) is 2.74. The van der Waals surface area contributed by atoms with E-state index in [1.807, 2.05) is 24.3 Å². The minimum absolute atomic E-state index is 0.0574. The number of carbonyl (C=O) groups is 1. The van der Waals surface area contributed by atoms with Gasteiger partial charge >= 0.3 is 0 Å². The van der Waals surface area contributed by atoms with E-state index in [2.05, 4.69) is 12.2 Å². The van der Waals surface area contributed by atoms with E-state index in [-0.39, 0.29) is 5.91 Å². The van der Waals surface area contributed by atoms with Gasteiger partial charge in [-0.05, 0) is 42.9 Å². The Morgan fingerprint density at radius 3 is 2.70 bits per heavy atom. The lowest BCUT2D eigenvalue weighted by atomic mass is 9.96. The van der Waals surface area contributed by atoms with E-state index in [4.69, 9.17) is 5.73 Å². The van der Waals surface area contributed by atoms with Gasteiger partial charge in [0.1, 0.15) is 0 Å². The molecule has 2 unspecified atom stereocenters. The molecule has 0 bridgehead atoms. The maximum Gasteiger partial charge on any atom is 0.251 e. The van der Waals surface area contributed by atoms with Crippen LogP contribution in [0, 0.1) is 5.92 Å². The fourth-order valence-corrected chi connectivity index (χ4v) is 3.08. The van der Waals surface area contributed by atoms with E-state index >= 15 is 0 Å². The molecule has 110 valence electrons. The van der Waals surface area contributed by atoms with E-state index in [0.717, 1.165) is 17.5 Å². The van der Waals surface area contributed by atoms with Gasteiger partial charge in [-0.1, -0.05) is 38.3 Å². The first-order valence-corrected chi connectivity index (χ1v) is 7.84. The van der Waals surface area contributed by atoms with Crippen LogP contribution in [0.1, 0.15) is 61.4 Å². The van der Waals surface area contributed by atoms with Gasteiger partial charge in [0.2, 0.25) is 0 Å². The summed E-state index contributed by atoms with van der Waals surface area (Å²) in [6.07, 6.45) is 7.37. The van der Waals surface area contributed by atoms with Gasteiger partial charge in [-0.3, -0.25) is 4.79 Å². The second-order valence-electron chi connectivity index (χ2n) is 5.81. The first-order chi connectivity index (χ1) is 9.74. The summed E-state index contributed by atoms with van der Waals surface area (Å²) in [4.78, 5) is 12.3. The predicted octanol–water partition coefficient (Wildman–Crippen LogP) is 3.23. The molecule has 1 amide bonds. The molecule has 20 heavy (non-hydrogen) atoms. The smallest absolute Gasteiger partial charge is 0.251 e. The number of amides is 1. The Labute approximate surface area is 121 Å². The Hall–Kier alpha value is -1.35. The summed E-state index contributed by atoms with van der Waals surface area (Å²) in [5, 5.41) is 3.22. The third kappa shape index (κ3) is 3.83. The van der Waals surface area contributed by atoms with Crippen LogP contribution in [0.4, 0.5) is 0 Å². The van der Waals surface area contributed by atoms with Crippen molar-refractivity contribution < 1.29 is 4.79 Å². The highest BCUT2D eigenvalue weighted by Crippen LogP contribution is 2.30. The highest BCUT2D eigenvalue weighted by Gasteiger charge is 2.28. The molecule has 3 N–H and O–H groups in total. The normalized spacial score (nSPS) is 21.9. The zero-order chi connectivity index (χ0) is 14.4. The third-order valence-corrected chi connectivity index (χ3v) is 4.36. The number of unbranched alkanes of at least 4 members (excludes halogenated alkanes) is 1. The summed E-state index contributed by atoms with van der Waals surface area (Å²) in [7, 11) is 0. The topological polar surface area (TPSA) is 55.1 Å². The fourth-order valence-electron chi connectivity index (χ4n) is 3.08. The van der Waals surface area contributed by atoms with Gasteiger partial charge in [-0.15, -0.1) is 0 Å². The van der Waals surface area contributed by atoms with Crippen LogP contribution in [-0.2, 0) is 6.54 Å². The van der Waals surface area contributed by atoms with E-state index in [1.54, 1.807) is 0 Å². The summed E-state index contributed by atoms with van der Waals surface area (Å²) < 4.78 is 0. The first-order valence-electron chi connectivity index (χ1n) is 7.84. The van der Waals surface area contributed by atoms with Gasteiger partial charge in [0, 0.05) is 18.2 Å². The van der Waals surface area contributed by atoms with Gasteiger partial charge in [-0.2, -0.15) is 0 Å². The fraction of sp³-hybridized carbons (Fsp3) is 0.588. The lowest BCUT2D eigenvalue weighted by molar-refractivity contribution is 0.0926. The molecule has 0 aromatic heterocycles. The zero-order valence-electron chi connectivity index (χ0n) is 12.4. The van der Waals surface area contributed by atoms with Crippen molar-refractivity contribution in [3.8, 4) is 0 Å². The number of benzene rings is 1. The SMILES string of the molecule is CCCCC1CCCC1NC(=O)c1ccc(CN)cc1. The van der Waals surface area contributed by atoms with Crippen LogP contribution in [0.2, 0.25) is 0 Å². The van der Waals surface area contributed by atoms with E-state index in [1.165, 1.54) is 32.1 Å². The first kappa shape index (κ1) is 15.0. The Bertz CT molecular complexity index is 427. The number of nitrogens with two attached hydrogens (primary N) is 1. The molecule has 0 saturated heterocycles. The molecule has 0 spiro atoms.